The molecule has 0 bridgehead atoms. The molecule has 3 rings (SSSR count). The van der Waals surface area contributed by atoms with Crippen molar-refractivity contribution in [1.29, 1.82) is 0 Å². The lowest BCUT2D eigenvalue weighted by Crippen LogP contribution is -2.08. The van der Waals surface area contributed by atoms with Gasteiger partial charge in [-0.2, -0.15) is 0 Å². The number of hydrogen-bond acceptors (Lipinski definition) is 2. The Bertz CT molecular complexity index is 545. The molecule has 0 aromatic carbocycles. The number of fused-ring (bicyclic) bond motifs is 3. The molecule has 4 heteroatoms. The first-order valence-corrected chi connectivity index (χ1v) is 4.95. The van der Waals surface area contributed by atoms with Crippen LogP contribution < -0.4 is 0 Å². The maximum absolute atomic E-state index is 11.0. The second kappa shape index (κ2) is 2.82. The molecule has 1 unspecified atom stereocenters. The number of aromatic amines is 1. The molecule has 2 N–H and O–H groups in total. The molecule has 1 aliphatic rings. The summed E-state index contributed by atoms with van der Waals surface area (Å²) in [5, 5.41) is 9.04. The van der Waals surface area contributed by atoms with Crippen LogP contribution in [0.5, 0.6) is 0 Å². The second-order valence-corrected chi connectivity index (χ2v) is 3.85. The summed E-state index contributed by atoms with van der Waals surface area (Å²) in [4.78, 5) is 18.4. The molecule has 0 saturated heterocycles. The van der Waals surface area contributed by atoms with Crippen LogP contribution in [0.4, 0.5) is 0 Å². The van der Waals surface area contributed by atoms with Crippen molar-refractivity contribution in [1.82, 2.24) is 9.97 Å². The van der Waals surface area contributed by atoms with Gasteiger partial charge in [-0.1, -0.05) is 0 Å². The van der Waals surface area contributed by atoms with Crippen molar-refractivity contribution in [3.05, 3.63) is 29.6 Å². The Morgan fingerprint density at radius 3 is 3.27 bits per heavy atom. The number of carboxylic acids is 1. The number of carboxylic acid groups (broad SMARTS) is 1. The summed E-state index contributed by atoms with van der Waals surface area (Å²) in [6, 6.07) is 3.78. The number of carbonyl (C=O) groups is 1. The Morgan fingerprint density at radius 2 is 2.47 bits per heavy atom. The van der Waals surface area contributed by atoms with Gasteiger partial charge >= 0.3 is 5.97 Å². The summed E-state index contributed by atoms with van der Waals surface area (Å²) in [6.45, 7) is 0. The summed E-state index contributed by atoms with van der Waals surface area (Å²) in [7, 11) is 0. The molecule has 1 atom stereocenters. The van der Waals surface area contributed by atoms with Crippen LogP contribution in [0.25, 0.3) is 11.0 Å². The summed E-state index contributed by atoms with van der Waals surface area (Å²) in [5.41, 5.74) is 3.79. The van der Waals surface area contributed by atoms with Crippen LogP contribution in [0.1, 0.15) is 23.6 Å². The lowest BCUT2D eigenvalue weighted by molar-refractivity contribution is -0.138. The normalized spacial score (nSPS) is 19.3. The third-order valence-corrected chi connectivity index (χ3v) is 3.02. The van der Waals surface area contributed by atoms with Gasteiger partial charge in [-0.15, -0.1) is 0 Å². The SMILES string of the molecule is O=C(O)C1CCc2c1[nH]c1cccnc21. The number of pyridine rings is 1. The molecule has 1 aliphatic carbocycles. The Hall–Kier alpha value is -1.84. The summed E-state index contributed by atoms with van der Waals surface area (Å²) < 4.78 is 0. The third kappa shape index (κ3) is 1.08. The van der Waals surface area contributed by atoms with Gasteiger partial charge in [-0.3, -0.25) is 9.78 Å². The average molecular weight is 202 g/mol. The van der Waals surface area contributed by atoms with Crippen molar-refractivity contribution < 1.29 is 9.90 Å². The molecule has 2 aromatic heterocycles. The fourth-order valence-corrected chi connectivity index (χ4v) is 2.33. The fraction of sp³-hybridized carbons (Fsp3) is 0.273. The van der Waals surface area contributed by atoms with Gasteiger partial charge in [0.2, 0.25) is 0 Å². The van der Waals surface area contributed by atoms with Gasteiger partial charge in [0, 0.05) is 17.5 Å². The van der Waals surface area contributed by atoms with Gasteiger partial charge < -0.3 is 10.1 Å². The van der Waals surface area contributed by atoms with E-state index in [2.05, 4.69) is 9.97 Å². The second-order valence-electron chi connectivity index (χ2n) is 3.85. The average Bonchev–Trinajstić information content (AvgIpc) is 2.74. The van der Waals surface area contributed by atoms with E-state index in [0.29, 0.717) is 6.42 Å². The van der Waals surface area contributed by atoms with E-state index < -0.39 is 5.97 Å². The molecule has 0 aliphatic heterocycles. The predicted octanol–water partition coefficient (Wildman–Crippen LogP) is 1.68. The Morgan fingerprint density at radius 1 is 1.60 bits per heavy atom. The molecule has 0 spiro atoms. The molecule has 2 heterocycles. The fourth-order valence-electron chi connectivity index (χ4n) is 2.33. The molecular weight excluding hydrogens is 192 g/mol. The molecule has 2 aromatic rings. The maximum Gasteiger partial charge on any atom is 0.312 e. The van der Waals surface area contributed by atoms with E-state index in [4.69, 9.17) is 5.11 Å². The molecule has 0 radical (unpaired) electrons. The van der Waals surface area contributed by atoms with Crippen LogP contribution in [0, 0.1) is 0 Å². The van der Waals surface area contributed by atoms with Crippen LogP contribution >= 0.6 is 0 Å². The zero-order chi connectivity index (χ0) is 10.4. The molecule has 15 heavy (non-hydrogen) atoms. The van der Waals surface area contributed by atoms with E-state index in [9.17, 15) is 4.79 Å². The first-order chi connectivity index (χ1) is 7.27. The zero-order valence-corrected chi connectivity index (χ0v) is 8.03. The molecule has 0 amide bonds. The molecule has 76 valence electrons. The van der Waals surface area contributed by atoms with E-state index in [1.165, 1.54) is 0 Å². The molecule has 0 saturated carbocycles. The molecular formula is C11H10N2O2. The van der Waals surface area contributed by atoms with E-state index in [1.807, 2.05) is 12.1 Å². The van der Waals surface area contributed by atoms with Crippen molar-refractivity contribution >= 4 is 17.0 Å². The van der Waals surface area contributed by atoms with Crippen LogP contribution in [0.2, 0.25) is 0 Å². The van der Waals surface area contributed by atoms with Crippen molar-refractivity contribution in [2.45, 2.75) is 18.8 Å². The van der Waals surface area contributed by atoms with Gasteiger partial charge in [0.05, 0.1) is 17.0 Å². The number of nitrogens with zero attached hydrogens (tertiary/aromatic N) is 1. The quantitative estimate of drug-likeness (QED) is 0.739. The highest BCUT2D eigenvalue weighted by Crippen LogP contribution is 2.36. The van der Waals surface area contributed by atoms with Crippen molar-refractivity contribution in [2.75, 3.05) is 0 Å². The van der Waals surface area contributed by atoms with E-state index in [0.717, 1.165) is 28.7 Å². The lowest BCUT2D eigenvalue weighted by atomic mass is 10.1. The minimum absolute atomic E-state index is 0.380. The largest absolute Gasteiger partial charge is 0.481 e. The number of aromatic nitrogens is 2. The van der Waals surface area contributed by atoms with Gasteiger partial charge in [-0.25, -0.2) is 0 Å². The van der Waals surface area contributed by atoms with Crippen LogP contribution in [0.3, 0.4) is 0 Å². The minimum Gasteiger partial charge on any atom is -0.481 e. The number of aryl methyl sites for hydroxylation is 1. The van der Waals surface area contributed by atoms with Crippen LogP contribution in [-0.2, 0) is 11.2 Å². The highest BCUT2D eigenvalue weighted by molar-refractivity contribution is 5.86. The Balaban J connectivity index is 2.25. The van der Waals surface area contributed by atoms with Gasteiger partial charge in [-0.05, 0) is 25.0 Å². The Kier molecular flexibility index (Phi) is 1.59. The van der Waals surface area contributed by atoms with E-state index in [1.54, 1.807) is 6.20 Å². The lowest BCUT2D eigenvalue weighted by Gasteiger charge is -2.01. The standard InChI is InChI=1S/C11H10N2O2/c14-11(15)7-4-3-6-9(7)13-8-2-1-5-12-10(6)8/h1-2,5,7,13H,3-4H2,(H,14,15). The highest BCUT2D eigenvalue weighted by Gasteiger charge is 2.31. The first kappa shape index (κ1) is 8.47. The van der Waals surface area contributed by atoms with Crippen LogP contribution in [-0.4, -0.2) is 21.0 Å². The van der Waals surface area contributed by atoms with E-state index >= 15 is 0 Å². The molecule has 4 nitrogen and oxygen atoms in total. The van der Waals surface area contributed by atoms with Gasteiger partial charge in [0.15, 0.2) is 0 Å². The summed E-state index contributed by atoms with van der Waals surface area (Å²) in [5.74, 6) is -1.13. The number of rotatable bonds is 1. The number of hydrogen-bond donors (Lipinski definition) is 2. The van der Waals surface area contributed by atoms with Crippen molar-refractivity contribution in [2.24, 2.45) is 0 Å². The number of H-pyrrole nitrogens is 1. The third-order valence-electron chi connectivity index (χ3n) is 3.02. The number of nitrogens with one attached hydrogen (secondary N) is 1. The van der Waals surface area contributed by atoms with Crippen LogP contribution in [0.15, 0.2) is 18.3 Å². The highest BCUT2D eigenvalue weighted by atomic mass is 16.4. The van der Waals surface area contributed by atoms with Gasteiger partial charge in [0.1, 0.15) is 0 Å². The topological polar surface area (TPSA) is 66.0 Å². The Labute approximate surface area is 86.0 Å². The summed E-state index contributed by atoms with van der Waals surface area (Å²) in [6.07, 6.45) is 3.23. The maximum atomic E-state index is 11.0. The predicted molar refractivity (Wildman–Crippen MR) is 54.8 cm³/mol. The summed E-state index contributed by atoms with van der Waals surface area (Å²) >= 11 is 0. The van der Waals surface area contributed by atoms with E-state index in [-0.39, 0.29) is 5.92 Å². The number of aliphatic carboxylic acids is 1. The first-order valence-electron chi connectivity index (χ1n) is 4.95. The minimum atomic E-state index is -0.750. The van der Waals surface area contributed by atoms with Crippen molar-refractivity contribution in [3.63, 3.8) is 0 Å². The smallest absolute Gasteiger partial charge is 0.312 e. The van der Waals surface area contributed by atoms with Gasteiger partial charge in [0.25, 0.3) is 0 Å². The monoisotopic (exact) mass is 202 g/mol. The van der Waals surface area contributed by atoms with Crippen molar-refractivity contribution in [3.8, 4) is 0 Å². The molecule has 0 fully saturated rings. The zero-order valence-electron chi connectivity index (χ0n) is 8.03.